The number of nitrogens with one attached hydrogen (secondary N) is 1. The predicted molar refractivity (Wildman–Crippen MR) is 72.7 cm³/mol. The van der Waals surface area contributed by atoms with Crippen LogP contribution < -0.4 is 11.1 Å². The van der Waals surface area contributed by atoms with Gasteiger partial charge in [-0.1, -0.05) is 15.9 Å². The Labute approximate surface area is 111 Å². The molecule has 0 bridgehead atoms. The minimum Gasteiger partial charge on any atom is -0.384 e. The second-order valence-electron chi connectivity index (χ2n) is 3.52. The molecule has 18 heavy (non-hydrogen) atoms. The summed E-state index contributed by atoms with van der Waals surface area (Å²) in [6.45, 7) is 0. The van der Waals surface area contributed by atoms with Crippen molar-refractivity contribution in [2.75, 3.05) is 11.1 Å². The number of nitrogens with two attached hydrogens (primary N) is 1. The van der Waals surface area contributed by atoms with Crippen LogP contribution in [0.4, 0.5) is 22.9 Å². The largest absolute Gasteiger partial charge is 0.384 e. The predicted octanol–water partition coefficient (Wildman–Crippen LogP) is 3.08. The molecule has 0 radical (unpaired) electrons. The summed E-state index contributed by atoms with van der Waals surface area (Å²) in [5.74, 6) is 0.393. The fraction of sp³-hybridized carbons (Fsp3) is 0. The Hall–Kier alpha value is -2.15. The molecule has 0 spiro atoms. The Balaban J connectivity index is 2.35. The monoisotopic (exact) mass is 308 g/mol. The average molecular weight is 309 g/mol. The van der Waals surface area contributed by atoms with E-state index in [1.807, 2.05) is 0 Å². The van der Waals surface area contributed by atoms with E-state index >= 15 is 0 Å². The van der Waals surface area contributed by atoms with Gasteiger partial charge in [0.2, 0.25) is 0 Å². The first-order chi connectivity index (χ1) is 8.56. The number of nitrogen functional groups attached to an aromatic ring is 1. The normalized spacial score (nSPS) is 10.1. The number of pyridine rings is 1. The lowest BCUT2D eigenvalue weighted by atomic mass is 10.2. The van der Waals surface area contributed by atoms with Gasteiger partial charge in [-0.05, 0) is 24.3 Å². The molecule has 0 amide bonds. The van der Waals surface area contributed by atoms with Crippen LogP contribution in [0.2, 0.25) is 0 Å². The van der Waals surface area contributed by atoms with E-state index in [0.717, 1.165) is 4.47 Å². The van der Waals surface area contributed by atoms with Crippen LogP contribution in [-0.4, -0.2) is 9.91 Å². The van der Waals surface area contributed by atoms with Gasteiger partial charge < -0.3 is 11.1 Å². The Morgan fingerprint density at radius 2 is 2.11 bits per heavy atom. The average Bonchev–Trinajstić information content (AvgIpc) is 2.32. The number of nitrogens with zero attached hydrogens (tertiary/aromatic N) is 2. The maximum absolute atomic E-state index is 10.9. The molecule has 0 saturated heterocycles. The maximum atomic E-state index is 10.9. The number of aromatic nitrogens is 1. The third kappa shape index (κ3) is 2.75. The van der Waals surface area contributed by atoms with E-state index in [0.29, 0.717) is 17.2 Å². The van der Waals surface area contributed by atoms with Crippen molar-refractivity contribution in [3.8, 4) is 0 Å². The van der Waals surface area contributed by atoms with Crippen LogP contribution in [0, 0.1) is 10.1 Å². The second kappa shape index (κ2) is 5.01. The molecule has 2 aromatic rings. The van der Waals surface area contributed by atoms with Gasteiger partial charge in [-0.3, -0.25) is 10.1 Å². The number of hydrogen-bond donors (Lipinski definition) is 2. The van der Waals surface area contributed by atoms with Crippen LogP contribution in [0.1, 0.15) is 0 Å². The zero-order chi connectivity index (χ0) is 13.1. The molecule has 0 atom stereocenters. The van der Waals surface area contributed by atoms with Crippen molar-refractivity contribution in [1.29, 1.82) is 0 Å². The van der Waals surface area contributed by atoms with Gasteiger partial charge in [-0.2, -0.15) is 0 Å². The highest BCUT2D eigenvalue weighted by Gasteiger charge is 2.13. The fourth-order valence-electron chi connectivity index (χ4n) is 1.40. The topological polar surface area (TPSA) is 94.1 Å². The van der Waals surface area contributed by atoms with Gasteiger partial charge in [-0.25, -0.2) is 4.98 Å². The molecule has 6 nitrogen and oxygen atoms in total. The molecular weight excluding hydrogens is 300 g/mol. The molecule has 1 heterocycles. The number of benzene rings is 1. The van der Waals surface area contributed by atoms with Crippen LogP contribution in [0.3, 0.4) is 0 Å². The summed E-state index contributed by atoms with van der Waals surface area (Å²) in [5.41, 5.74) is 6.48. The van der Waals surface area contributed by atoms with Crippen LogP contribution >= 0.6 is 15.9 Å². The molecular formula is C11H9BrN4O2. The number of halogens is 1. The molecule has 7 heteroatoms. The van der Waals surface area contributed by atoms with E-state index in [-0.39, 0.29) is 5.69 Å². The first kappa shape index (κ1) is 12.3. The molecule has 0 unspecified atom stereocenters. The zero-order valence-electron chi connectivity index (χ0n) is 9.13. The molecule has 3 N–H and O–H groups in total. The fourth-order valence-corrected chi connectivity index (χ4v) is 1.76. The first-order valence-corrected chi connectivity index (χ1v) is 5.78. The number of nitro groups is 1. The van der Waals surface area contributed by atoms with Crippen LogP contribution in [-0.2, 0) is 0 Å². The molecule has 92 valence electrons. The SMILES string of the molecule is Nc1ccc(Nc2cc(Br)ccc2[N+](=O)[O-])cn1. The number of hydrogen-bond acceptors (Lipinski definition) is 5. The van der Waals surface area contributed by atoms with E-state index in [1.54, 1.807) is 24.3 Å². The zero-order valence-corrected chi connectivity index (χ0v) is 10.7. The lowest BCUT2D eigenvalue weighted by Gasteiger charge is -2.07. The quantitative estimate of drug-likeness (QED) is 0.671. The van der Waals surface area contributed by atoms with E-state index in [4.69, 9.17) is 5.73 Å². The molecule has 2 rings (SSSR count). The van der Waals surface area contributed by atoms with E-state index in [9.17, 15) is 10.1 Å². The van der Waals surface area contributed by atoms with Crippen molar-refractivity contribution < 1.29 is 4.92 Å². The summed E-state index contributed by atoms with van der Waals surface area (Å²) < 4.78 is 0.749. The molecule has 1 aromatic heterocycles. The van der Waals surface area contributed by atoms with Gasteiger partial charge >= 0.3 is 0 Å². The van der Waals surface area contributed by atoms with Crippen molar-refractivity contribution in [3.05, 3.63) is 51.1 Å². The third-order valence-corrected chi connectivity index (χ3v) is 2.71. The molecule has 0 fully saturated rings. The molecule has 1 aromatic carbocycles. The molecule has 0 aliphatic heterocycles. The number of nitro benzene ring substituents is 1. The second-order valence-corrected chi connectivity index (χ2v) is 4.43. The standard InChI is InChI=1S/C11H9BrN4O2/c12-7-1-3-10(16(17)18)9(5-7)15-8-2-4-11(13)14-6-8/h1-6,15H,(H2,13,14). The van der Waals surface area contributed by atoms with Gasteiger partial charge in [0.1, 0.15) is 11.5 Å². The molecule has 0 saturated carbocycles. The maximum Gasteiger partial charge on any atom is 0.292 e. The Kier molecular flexibility index (Phi) is 3.42. The summed E-state index contributed by atoms with van der Waals surface area (Å²) >= 11 is 3.27. The van der Waals surface area contributed by atoms with Crippen LogP contribution in [0.25, 0.3) is 0 Å². The summed E-state index contributed by atoms with van der Waals surface area (Å²) in [4.78, 5) is 14.4. The highest BCUT2D eigenvalue weighted by molar-refractivity contribution is 9.10. The minimum atomic E-state index is -0.445. The van der Waals surface area contributed by atoms with Crippen molar-refractivity contribution >= 4 is 38.8 Å². The first-order valence-electron chi connectivity index (χ1n) is 4.99. The lowest BCUT2D eigenvalue weighted by Crippen LogP contribution is -1.98. The number of anilines is 3. The van der Waals surface area contributed by atoms with E-state index in [2.05, 4.69) is 26.2 Å². The van der Waals surface area contributed by atoms with Gasteiger partial charge in [0.05, 0.1) is 16.8 Å². The summed E-state index contributed by atoms with van der Waals surface area (Å²) in [6.07, 6.45) is 1.51. The highest BCUT2D eigenvalue weighted by Crippen LogP contribution is 2.30. The van der Waals surface area contributed by atoms with E-state index < -0.39 is 4.92 Å². The Morgan fingerprint density at radius 3 is 2.72 bits per heavy atom. The van der Waals surface area contributed by atoms with Gasteiger partial charge in [-0.15, -0.1) is 0 Å². The van der Waals surface area contributed by atoms with Gasteiger partial charge in [0.25, 0.3) is 5.69 Å². The third-order valence-electron chi connectivity index (χ3n) is 2.22. The van der Waals surface area contributed by atoms with Crippen LogP contribution in [0.5, 0.6) is 0 Å². The van der Waals surface area contributed by atoms with Gasteiger partial charge in [0.15, 0.2) is 0 Å². The van der Waals surface area contributed by atoms with E-state index in [1.165, 1.54) is 12.3 Å². The smallest absolute Gasteiger partial charge is 0.292 e. The van der Waals surface area contributed by atoms with Crippen molar-refractivity contribution in [1.82, 2.24) is 4.98 Å². The number of rotatable bonds is 3. The van der Waals surface area contributed by atoms with Gasteiger partial charge in [0, 0.05) is 10.5 Å². The summed E-state index contributed by atoms with van der Waals surface area (Å²) in [6, 6.07) is 8.00. The Morgan fingerprint density at radius 1 is 1.33 bits per heavy atom. The summed E-state index contributed by atoms with van der Waals surface area (Å²) in [7, 11) is 0. The van der Waals surface area contributed by atoms with Crippen molar-refractivity contribution in [2.45, 2.75) is 0 Å². The molecule has 0 aliphatic rings. The summed E-state index contributed by atoms with van der Waals surface area (Å²) in [5, 5.41) is 13.8. The minimum absolute atomic E-state index is 0.00461. The van der Waals surface area contributed by atoms with Crippen molar-refractivity contribution in [3.63, 3.8) is 0 Å². The lowest BCUT2D eigenvalue weighted by molar-refractivity contribution is -0.383. The van der Waals surface area contributed by atoms with Crippen molar-refractivity contribution in [2.24, 2.45) is 0 Å². The highest BCUT2D eigenvalue weighted by atomic mass is 79.9. The van der Waals surface area contributed by atoms with Crippen LogP contribution in [0.15, 0.2) is 41.0 Å². The Bertz CT molecular complexity index is 586. The molecule has 0 aliphatic carbocycles.